The highest BCUT2D eigenvalue weighted by Gasteiger charge is 2.06. The van der Waals surface area contributed by atoms with Crippen LogP contribution in [-0.2, 0) is 22.5 Å². The van der Waals surface area contributed by atoms with Crippen LogP contribution in [0.4, 0.5) is 5.13 Å². The van der Waals surface area contributed by atoms with Gasteiger partial charge in [-0.15, -0.1) is 11.3 Å². The van der Waals surface area contributed by atoms with Crippen molar-refractivity contribution in [2.75, 3.05) is 12.4 Å². The highest BCUT2D eigenvalue weighted by atomic mass is 32.1. The van der Waals surface area contributed by atoms with Gasteiger partial charge < -0.3 is 10.1 Å². The van der Waals surface area contributed by atoms with Gasteiger partial charge in [0.1, 0.15) is 0 Å². The van der Waals surface area contributed by atoms with E-state index in [0.717, 1.165) is 22.2 Å². The van der Waals surface area contributed by atoms with Gasteiger partial charge in [0.05, 0.1) is 43.4 Å². The highest BCUT2D eigenvalue weighted by molar-refractivity contribution is 7.13. The van der Waals surface area contributed by atoms with Crippen LogP contribution in [0.2, 0.25) is 0 Å². The largest absolute Gasteiger partial charge is 0.469 e. The van der Waals surface area contributed by atoms with Crippen LogP contribution in [0.1, 0.15) is 23.5 Å². The Balaban J connectivity index is 1.83. The van der Waals surface area contributed by atoms with E-state index in [9.17, 15) is 4.79 Å². The molecule has 1 N–H and O–H groups in total. The molecule has 0 bridgehead atoms. The lowest BCUT2D eigenvalue weighted by Gasteiger charge is -2.01. The van der Waals surface area contributed by atoms with Crippen LogP contribution < -0.4 is 5.32 Å². The van der Waals surface area contributed by atoms with E-state index in [-0.39, 0.29) is 5.97 Å². The SMILES string of the molecule is COC(=O)CCc1csc(NCc2cnc(C)cn2)n1. The normalized spacial score (nSPS) is 10.3. The monoisotopic (exact) mass is 292 g/mol. The lowest BCUT2D eigenvalue weighted by molar-refractivity contribution is -0.140. The van der Waals surface area contributed by atoms with Gasteiger partial charge in [-0.2, -0.15) is 0 Å². The van der Waals surface area contributed by atoms with E-state index in [4.69, 9.17) is 0 Å². The Bertz CT molecular complexity index is 568. The van der Waals surface area contributed by atoms with Gasteiger partial charge in [0.2, 0.25) is 0 Å². The zero-order valence-corrected chi connectivity index (χ0v) is 12.2. The molecule has 2 aromatic heterocycles. The molecule has 20 heavy (non-hydrogen) atoms. The van der Waals surface area contributed by atoms with E-state index in [1.807, 2.05) is 12.3 Å². The summed E-state index contributed by atoms with van der Waals surface area (Å²) in [6, 6.07) is 0. The van der Waals surface area contributed by atoms with Gasteiger partial charge in [-0.05, 0) is 6.92 Å². The lowest BCUT2D eigenvalue weighted by Crippen LogP contribution is -2.03. The quantitative estimate of drug-likeness (QED) is 0.820. The Kier molecular flexibility index (Phi) is 5.00. The predicted molar refractivity (Wildman–Crippen MR) is 76.5 cm³/mol. The molecule has 0 aromatic carbocycles. The van der Waals surface area contributed by atoms with Gasteiger partial charge in [-0.25, -0.2) is 4.98 Å². The smallest absolute Gasteiger partial charge is 0.305 e. The molecule has 2 rings (SSSR count). The van der Waals surface area contributed by atoms with Gasteiger partial charge in [-0.1, -0.05) is 0 Å². The molecule has 7 heteroatoms. The average molecular weight is 292 g/mol. The maximum atomic E-state index is 11.1. The van der Waals surface area contributed by atoms with Gasteiger partial charge >= 0.3 is 5.97 Å². The zero-order chi connectivity index (χ0) is 14.4. The number of aryl methyl sites for hydroxylation is 2. The van der Waals surface area contributed by atoms with Crippen LogP contribution in [0.15, 0.2) is 17.8 Å². The molecular formula is C13H16N4O2S. The van der Waals surface area contributed by atoms with Crippen LogP contribution in [-0.4, -0.2) is 28.0 Å². The van der Waals surface area contributed by atoms with E-state index in [1.54, 1.807) is 12.4 Å². The second-order valence-corrected chi connectivity index (χ2v) is 5.08. The van der Waals surface area contributed by atoms with Gasteiger partial charge in [0.15, 0.2) is 5.13 Å². The summed E-state index contributed by atoms with van der Waals surface area (Å²) < 4.78 is 4.60. The van der Waals surface area contributed by atoms with E-state index >= 15 is 0 Å². The molecule has 0 aliphatic rings. The number of carbonyl (C=O) groups excluding carboxylic acids is 1. The number of nitrogens with one attached hydrogen (secondary N) is 1. The van der Waals surface area contributed by atoms with Crippen LogP contribution in [0.5, 0.6) is 0 Å². The minimum Gasteiger partial charge on any atom is -0.469 e. The number of methoxy groups -OCH3 is 1. The molecule has 0 aliphatic heterocycles. The number of thiazole rings is 1. The van der Waals surface area contributed by atoms with E-state index in [1.165, 1.54) is 18.4 Å². The molecule has 0 saturated heterocycles. The molecule has 0 spiro atoms. The molecule has 0 aliphatic carbocycles. The third-order valence-electron chi connectivity index (χ3n) is 2.62. The van der Waals surface area contributed by atoms with Crippen molar-refractivity contribution in [3.8, 4) is 0 Å². The summed E-state index contributed by atoms with van der Waals surface area (Å²) in [6.45, 7) is 2.48. The molecule has 106 valence electrons. The average Bonchev–Trinajstić information content (AvgIpc) is 2.92. The maximum Gasteiger partial charge on any atom is 0.305 e. The van der Waals surface area contributed by atoms with Crippen LogP contribution in [0.3, 0.4) is 0 Å². The number of ether oxygens (including phenoxy) is 1. The van der Waals surface area contributed by atoms with Crippen LogP contribution in [0, 0.1) is 6.92 Å². The molecule has 0 fully saturated rings. The van der Waals surface area contributed by atoms with Crippen molar-refractivity contribution in [1.82, 2.24) is 15.0 Å². The first-order valence-corrected chi connectivity index (χ1v) is 7.08. The molecule has 6 nitrogen and oxygen atoms in total. The van der Waals surface area contributed by atoms with E-state index in [2.05, 4.69) is 25.0 Å². The first kappa shape index (κ1) is 14.4. The van der Waals surface area contributed by atoms with Crippen molar-refractivity contribution in [2.45, 2.75) is 26.3 Å². The molecule has 0 unspecified atom stereocenters. The third kappa shape index (κ3) is 4.27. The fraction of sp³-hybridized carbons (Fsp3) is 0.385. The summed E-state index contributed by atoms with van der Waals surface area (Å²) in [5.74, 6) is -0.220. The minimum atomic E-state index is -0.220. The molecule has 0 atom stereocenters. The molecular weight excluding hydrogens is 276 g/mol. The number of aromatic nitrogens is 3. The van der Waals surface area contributed by atoms with Gasteiger partial charge in [0.25, 0.3) is 0 Å². The third-order valence-corrected chi connectivity index (χ3v) is 3.47. The Labute approximate surface area is 121 Å². The summed E-state index contributed by atoms with van der Waals surface area (Å²) in [5, 5.41) is 5.94. The van der Waals surface area contributed by atoms with Crippen molar-refractivity contribution in [3.05, 3.63) is 34.9 Å². The topological polar surface area (TPSA) is 77.0 Å². The highest BCUT2D eigenvalue weighted by Crippen LogP contribution is 2.17. The van der Waals surface area contributed by atoms with Gasteiger partial charge in [0, 0.05) is 18.0 Å². The molecule has 2 heterocycles. The fourth-order valence-corrected chi connectivity index (χ4v) is 2.26. The first-order chi connectivity index (χ1) is 9.67. The Morgan fingerprint density at radius 1 is 1.35 bits per heavy atom. The summed E-state index contributed by atoms with van der Waals surface area (Å²) in [4.78, 5) is 23.9. The second-order valence-electron chi connectivity index (χ2n) is 4.22. The maximum absolute atomic E-state index is 11.1. The first-order valence-electron chi connectivity index (χ1n) is 6.20. The van der Waals surface area contributed by atoms with Crippen LogP contribution >= 0.6 is 11.3 Å². The summed E-state index contributed by atoms with van der Waals surface area (Å²) in [5.41, 5.74) is 2.65. The molecule has 2 aromatic rings. The van der Waals surface area contributed by atoms with Crippen molar-refractivity contribution in [2.24, 2.45) is 0 Å². The van der Waals surface area contributed by atoms with Crippen molar-refractivity contribution in [1.29, 1.82) is 0 Å². The standard InChI is InChI=1S/C13H16N4O2S/c1-9-5-15-11(6-14-9)7-16-13-17-10(8-20-13)3-4-12(18)19-2/h5-6,8H,3-4,7H2,1-2H3,(H,16,17). The summed E-state index contributed by atoms with van der Waals surface area (Å²) in [6.07, 6.45) is 4.42. The molecule has 0 saturated carbocycles. The number of hydrogen-bond acceptors (Lipinski definition) is 7. The van der Waals surface area contributed by atoms with Crippen molar-refractivity contribution < 1.29 is 9.53 Å². The minimum absolute atomic E-state index is 0.220. The Hall–Kier alpha value is -2.02. The van der Waals surface area contributed by atoms with Crippen molar-refractivity contribution in [3.63, 3.8) is 0 Å². The summed E-state index contributed by atoms with van der Waals surface area (Å²) in [7, 11) is 1.39. The zero-order valence-electron chi connectivity index (χ0n) is 11.4. The number of hydrogen-bond donors (Lipinski definition) is 1. The van der Waals surface area contributed by atoms with E-state index in [0.29, 0.717) is 19.4 Å². The number of esters is 1. The number of carbonyl (C=O) groups is 1. The Morgan fingerprint density at radius 2 is 2.20 bits per heavy atom. The molecule has 0 amide bonds. The number of nitrogens with zero attached hydrogens (tertiary/aromatic N) is 3. The van der Waals surface area contributed by atoms with E-state index < -0.39 is 0 Å². The second kappa shape index (κ2) is 6.95. The van der Waals surface area contributed by atoms with Gasteiger partial charge in [-0.3, -0.25) is 14.8 Å². The van der Waals surface area contributed by atoms with Crippen molar-refractivity contribution >= 4 is 22.4 Å². The fourth-order valence-electron chi connectivity index (χ4n) is 1.51. The summed E-state index contributed by atoms with van der Waals surface area (Å²) >= 11 is 1.51. The Morgan fingerprint density at radius 3 is 2.90 bits per heavy atom. The predicted octanol–water partition coefficient (Wildman–Crippen LogP) is 1.96. The number of rotatable bonds is 6. The lowest BCUT2D eigenvalue weighted by atomic mass is 10.2. The molecule has 0 radical (unpaired) electrons. The number of anilines is 1. The van der Waals surface area contributed by atoms with Crippen LogP contribution in [0.25, 0.3) is 0 Å².